The van der Waals surface area contributed by atoms with Gasteiger partial charge in [0.25, 0.3) is 0 Å². The zero-order valence-electron chi connectivity index (χ0n) is 8.09. The first kappa shape index (κ1) is 12.4. The van der Waals surface area contributed by atoms with Crippen molar-refractivity contribution in [2.24, 2.45) is 5.92 Å². The van der Waals surface area contributed by atoms with Crippen molar-refractivity contribution in [3.05, 3.63) is 27.1 Å². The Labute approximate surface area is 104 Å². The van der Waals surface area contributed by atoms with Crippen molar-refractivity contribution < 1.29 is 4.21 Å². The van der Waals surface area contributed by atoms with E-state index in [1.54, 1.807) is 0 Å². The highest BCUT2D eigenvalue weighted by Gasteiger charge is 2.10. The van der Waals surface area contributed by atoms with E-state index in [4.69, 9.17) is 0 Å². The fourth-order valence-electron chi connectivity index (χ4n) is 1.05. The molecule has 0 radical (unpaired) electrons. The molecule has 1 aromatic carbocycles. The average Bonchev–Trinajstić information content (AvgIpc) is 2.01. The highest BCUT2D eigenvalue weighted by Crippen LogP contribution is 2.25. The highest BCUT2D eigenvalue weighted by molar-refractivity contribution is 9.11. The van der Waals surface area contributed by atoms with Gasteiger partial charge in [0, 0.05) is 14.7 Å². The minimum Gasteiger partial charge on any atom is -0.254 e. The van der Waals surface area contributed by atoms with Crippen LogP contribution < -0.4 is 0 Å². The van der Waals surface area contributed by atoms with Crippen LogP contribution in [0.3, 0.4) is 0 Å². The molecule has 14 heavy (non-hydrogen) atoms. The number of hydrogen-bond donors (Lipinski definition) is 0. The largest absolute Gasteiger partial charge is 0.254 e. The van der Waals surface area contributed by atoms with Crippen LogP contribution in [0.5, 0.6) is 0 Å². The van der Waals surface area contributed by atoms with E-state index < -0.39 is 10.8 Å². The van der Waals surface area contributed by atoms with Gasteiger partial charge in [0.2, 0.25) is 0 Å². The number of benzene rings is 1. The number of halogens is 2. The van der Waals surface area contributed by atoms with Crippen molar-refractivity contribution in [2.45, 2.75) is 18.7 Å². The van der Waals surface area contributed by atoms with Gasteiger partial charge in [0.1, 0.15) is 0 Å². The molecule has 1 nitrogen and oxygen atoms in total. The summed E-state index contributed by atoms with van der Waals surface area (Å²) in [5, 5.41) is 0. The van der Waals surface area contributed by atoms with Crippen LogP contribution in [0.15, 0.2) is 32.0 Å². The van der Waals surface area contributed by atoms with E-state index in [2.05, 4.69) is 45.7 Å². The molecular formula is C10H12Br2OS. The number of hydrogen-bond acceptors (Lipinski definition) is 1. The monoisotopic (exact) mass is 338 g/mol. The van der Waals surface area contributed by atoms with Gasteiger partial charge in [-0.1, -0.05) is 29.8 Å². The van der Waals surface area contributed by atoms with E-state index in [-0.39, 0.29) is 0 Å². The highest BCUT2D eigenvalue weighted by atomic mass is 79.9. The van der Waals surface area contributed by atoms with Crippen molar-refractivity contribution in [1.29, 1.82) is 0 Å². The molecule has 0 aromatic heterocycles. The van der Waals surface area contributed by atoms with E-state index in [9.17, 15) is 4.21 Å². The van der Waals surface area contributed by atoms with Gasteiger partial charge in [0.05, 0.1) is 15.7 Å². The summed E-state index contributed by atoms with van der Waals surface area (Å²) in [5.74, 6) is 1.16. The average molecular weight is 340 g/mol. The third-order valence-electron chi connectivity index (χ3n) is 1.62. The van der Waals surface area contributed by atoms with Crippen molar-refractivity contribution in [3.63, 3.8) is 0 Å². The minimum atomic E-state index is -0.901. The molecule has 1 atom stereocenters. The first-order valence-corrected chi connectivity index (χ1v) is 7.24. The maximum atomic E-state index is 11.9. The van der Waals surface area contributed by atoms with E-state index in [0.717, 1.165) is 13.8 Å². The second-order valence-electron chi connectivity index (χ2n) is 3.48. The minimum absolute atomic E-state index is 0.450. The van der Waals surface area contributed by atoms with Crippen LogP contribution in [0.4, 0.5) is 0 Å². The lowest BCUT2D eigenvalue weighted by molar-refractivity contribution is 0.664. The quantitative estimate of drug-likeness (QED) is 0.814. The molecule has 0 saturated carbocycles. The van der Waals surface area contributed by atoms with Gasteiger partial charge in [-0.3, -0.25) is 4.21 Å². The molecule has 0 saturated heterocycles. The molecule has 78 valence electrons. The Kier molecular flexibility index (Phi) is 4.80. The van der Waals surface area contributed by atoms with Gasteiger partial charge in [0.15, 0.2) is 0 Å². The molecule has 0 aliphatic carbocycles. The lowest BCUT2D eigenvalue weighted by atomic mass is 10.3. The predicted octanol–water partition coefficient (Wildman–Crippen LogP) is 3.98. The van der Waals surface area contributed by atoms with Gasteiger partial charge in [-0.15, -0.1) is 0 Å². The van der Waals surface area contributed by atoms with Crippen LogP contribution in [0.25, 0.3) is 0 Å². The molecule has 1 rings (SSSR count). The van der Waals surface area contributed by atoms with Gasteiger partial charge in [-0.25, -0.2) is 0 Å². The first-order chi connectivity index (χ1) is 6.50. The second kappa shape index (κ2) is 5.42. The smallest absolute Gasteiger partial charge is 0.0543 e. The molecule has 0 fully saturated rings. The summed E-state index contributed by atoms with van der Waals surface area (Å²) in [4.78, 5) is 0.877. The van der Waals surface area contributed by atoms with Crippen molar-refractivity contribution in [1.82, 2.24) is 0 Å². The summed E-state index contributed by atoms with van der Waals surface area (Å²) in [7, 11) is -0.901. The van der Waals surface area contributed by atoms with Crippen LogP contribution in [0, 0.1) is 5.92 Å². The van der Waals surface area contributed by atoms with Gasteiger partial charge in [-0.2, -0.15) is 0 Å². The lowest BCUT2D eigenvalue weighted by Gasteiger charge is -2.07. The van der Waals surface area contributed by atoms with Crippen LogP contribution in [0.1, 0.15) is 13.8 Å². The van der Waals surface area contributed by atoms with E-state index >= 15 is 0 Å². The van der Waals surface area contributed by atoms with E-state index in [1.807, 2.05) is 18.2 Å². The molecule has 0 spiro atoms. The van der Waals surface area contributed by atoms with Gasteiger partial charge in [-0.05, 0) is 40.0 Å². The normalized spacial score (nSPS) is 13.2. The summed E-state index contributed by atoms with van der Waals surface area (Å²) in [6.45, 7) is 4.15. The molecule has 0 heterocycles. The maximum Gasteiger partial charge on any atom is 0.0543 e. The lowest BCUT2D eigenvalue weighted by Crippen LogP contribution is -2.05. The fraction of sp³-hybridized carbons (Fsp3) is 0.400. The molecule has 0 amide bonds. The molecule has 0 aliphatic rings. The molecule has 0 bridgehead atoms. The van der Waals surface area contributed by atoms with E-state index in [0.29, 0.717) is 11.7 Å². The Hall–Kier alpha value is 0.330. The second-order valence-corrected chi connectivity index (χ2v) is 6.71. The predicted molar refractivity (Wildman–Crippen MR) is 68.0 cm³/mol. The summed E-state index contributed by atoms with van der Waals surface area (Å²) >= 11 is 6.78. The summed E-state index contributed by atoms with van der Waals surface area (Å²) < 4.78 is 13.8. The van der Waals surface area contributed by atoms with Crippen molar-refractivity contribution in [3.8, 4) is 0 Å². The summed E-state index contributed by atoms with van der Waals surface area (Å²) in [5.41, 5.74) is 0. The Bertz CT molecular complexity index is 350. The standard InChI is InChI=1S/C10H12Br2OS/c1-7(2)6-14(13)10-4-3-8(11)5-9(10)12/h3-5,7H,6H2,1-2H3. The zero-order valence-corrected chi connectivity index (χ0v) is 12.1. The Morgan fingerprint density at radius 1 is 1.36 bits per heavy atom. The van der Waals surface area contributed by atoms with Gasteiger partial charge >= 0.3 is 0 Å². The van der Waals surface area contributed by atoms with Crippen LogP contribution in [-0.4, -0.2) is 9.96 Å². The fourth-order valence-corrected chi connectivity index (χ4v) is 3.92. The maximum absolute atomic E-state index is 11.9. The topological polar surface area (TPSA) is 17.1 Å². The molecule has 0 N–H and O–H groups in total. The molecule has 1 aromatic rings. The van der Waals surface area contributed by atoms with Crippen molar-refractivity contribution >= 4 is 42.7 Å². The molecule has 0 aliphatic heterocycles. The molecule has 1 unspecified atom stereocenters. The van der Waals surface area contributed by atoms with Gasteiger partial charge < -0.3 is 0 Å². The van der Waals surface area contributed by atoms with Crippen LogP contribution in [-0.2, 0) is 10.8 Å². The Morgan fingerprint density at radius 3 is 2.50 bits per heavy atom. The molecule has 4 heteroatoms. The third-order valence-corrected chi connectivity index (χ3v) is 4.85. The van der Waals surface area contributed by atoms with E-state index in [1.165, 1.54) is 0 Å². The SMILES string of the molecule is CC(C)CS(=O)c1ccc(Br)cc1Br. The molecular weight excluding hydrogens is 328 g/mol. The van der Waals surface area contributed by atoms with Crippen molar-refractivity contribution in [2.75, 3.05) is 5.75 Å². The van der Waals surface area contributed by atoms with Crippen LogP contribution >= 0.6 is 31.9 Å². The summed E-state index contributed by atoms with van der Waals surface area (Å²) in [6.07, 6.45) is 0. The number of rotatable bonds is 3. The first-order valence-electron chi connectivity index (χ1n) is 4.34. The Morgan fingerprint density at radius 2 is 2.00 bits per heavy atom. The Balaban J connectivity index is 2.90. The van der Waals surface area contributed by atoms with Crippen LogP contribution in [0.2, 0.25) is 0 Å². The summed E-state index contributed by atoms with van der Waals surface area (Å²) in [6, 6.07) is 5.73. The zero-order chi connectivity index (χ0) is 10.7. The third kappa shape index (κ3) is 3.48.